The van der Waals surface area contributed by atoms with Crippen molar-refractivity contribution in [2.75, 3.05) is 5.73 Å². The summed E-state index contributed by atoms with van der Waals surface area (Å²) in [7, 11) is 0. The molecule has 3 heterocycles. The van der Waals surface area contributed by atoms with E-state index in [9.17, 15) is 0 Å². The number of rotatable bonds is 1. The molecule has 0 aliphatic heterocycles. The zero-order valence-corrected chi connectivity index (χ0v) is 8.51. The van der Waals surface area contributed by atoms with E-state index >= 15 is 0 Å². The lowest BCUT2D eigenvalue weighted by Gasteiger charge is -2.01. The quantitative estimate of drug-likeness (QED) is 0.647. The molecule has 16 heavy (non-hydrogen) atoms. The topological polar surface area (TPSA) is 67.6 Å². The number of nitrogens with one attached hydrogen (secondary N) is 1. The Hall–Kier alpha value is -2.36. The van der Waals surface area contributed by atoms with Gasteiger partial charge in [-0.25, -0.2) is 4.98 Å². The maximum atomic E-state index is 5.70. The van der Waals surface area contributed by atoms with Gasteiger partial charge in [0.1, 0.15) is 5.65 Å². The average Bonchev–Trinajstić information content (AvgIpc) is 2.75. The van der Waals surface area contributed by atoms with Gasteiger partial charge in [-0.15, -0.1) is 0 Å². The lowest BCUT2D eigenvalue weighted by molar-refractivity contribution is 1.30. The zero-order chi connectivity index (χ0) is 11.0. The van der Waals surface area contributed by atoms with Gasteiger partial charge in [-0.05, 0) is 18.2 Å². The molecule has 0 fully saturated rings. The highest BCUT2D eigenvalue weighted by atomic mass is 14.8. The zero-order valence-electron chi connectivity index (χ0n) is 8.51. The minimum Gasteiger partial charge on any atom is -0.397 e. The van der Waals surface area contributed by atoms with E-state index < -0.39 is 0 Å². The van der Waals surface area contributed by atoms with Crippen molar-refractivity contribution in [2.24, 2.45) is 0 Å². The van der Waals surface area contributed by atoms with Crippen molar-refractivity contribution in [3.8, 4) is 11.1 Å². The Labute approximate surface area is 92.2 Å². The van der Waals surface area contributed by atoms with Gasteiger partial charge in [-0.3, -0.25) is 4.98 Å². The molecule has 4 heteroatoms. The molecule has 3 rings (SSSR count). The molecule has 3 N–H and O–H groups in total. The van der Waals surface area contributed by atoms with Crippen LogP contribution in [0.3, 0.4) is 0 Å². The molecule has 0 bridgehead atoms. The second-order valence-electron chi connectivity index (χ2n) is 3.65. The standard InChI is InChI=1S/C12H10N4/c13-11-4-10(5-14-7-11)9-3-8-1-2-15-12(8)16-6-9/h1-7H,13H2,(H,15,16). The summed E-state index contributed by atoms with van der Waals surface area (Å²) in [6.07, 6.45) is 7.10. The fourth-order valence-corrected chi connectivity index (χ4v) is 1.71. The Morgan fingerprint density at radius 3 is 2.81 bits per heavy atom. The number of aromatic amines is 1. The molecule has 78 valence electrons. The normalized spacial score (nSPS) is 10.8. The molecule has 3 aromatic heterocycles. The number of fused-ring (bicyclic) bond motifs is 1. The summed E-state index contributed by atoms with van der Waals surface area (Å²) in [5.41, 5.74) is 9.25. The number of hydrogen-bond acceptors (Lipinski definition) is 3. The average molecular weight is 210 g/mol. The van der Waals surface area contributed by atoms with E-state index in [1.165, 1.54) is 0 Å². The number of hydrogen-bond donors (Lipinski definition) is 2. The number of H-pyrrole nitrogens is 1. The van der Waals surface area contributed by atoms with Gasteiger partial charge in [0.15, 0.2) is 0 Å². The SMILES string of the molecule is Nc1cncc(-c2cnc3[nH]ccc3c2)c1. The molecule has 0 aromatic carbocycles. The highest BCUT2D eigenvalue weighted by molar-refractivity contribution is 5.81. The first kappa shape index (κ1) is 8.91. The monoisotopic (exact) mass is 210 g/mol. The van der Waals surface area contributed by atoms with Crippen LogP contribution in [-0.4, -0.2) is 15.0 Å². The Kier molecular flexibility index (Phi) is 1.86. The number of nitrogen functional groups attached to an aromatic ring is 1. The summed E-state index contributed by atoms with van der Waals surface area (Å²) in [4.78, 5) is 11.4. The summed E-state index contributed by atoms with van der Waals surface area (Å²) in [5, 5.41) is 1.08. The van der Waals surface area contributed by atoms with E-state index in [2.05, 4.69) is 21.0 Å². The van der Waals surface area contributed by atoms with E-state index in [0.29, 0.717) is 5.69 Å². The molecule has 0 aliphatic rings. The van der Waals surface area contributed by atoms with Gasteiger partial charge in [-0.2, -0.15) is 0 Å². The van der Waals surface area contributed by atoms with Crippen LogP contribution in [0, 0.1) is 0 Å². The molecule has 3 aromatic rings. The third-order valence-electron chi connectivity index (χ3n) is 2.49. The summed E-state index contributed by atoms with van der Waals surface area (Å²) < 4.78 is 0. The first-order chi connectivity index (χ1) is 7.83. The summed E-state index contributed by atoms with van der Waals surface area (Å²) in [6.45, 7) is 0. The molecule has 0 amide bonds. The van der Waals surface area contributed by atoms with E-state index in [4.69, 9.17) is 5.73 Å². The Bertz CT molecular complexity index is 642. The molecule has 0 aliphatic carbocycles. The van der Waals surface area contributed by atoms with Gasteiger partial charge in [-0.1, -0.05) is 0 Å². The minimum atomic E-state index is 0.659. The van der Waals surface area contributed by atoms with Crippen LogP contribution in [0.5, 0.6) is 0 Å². The van der Waals surface area contributed by atoms with Crippen molar-refractivity contribution in [2.45, 2.75) is 0 Å². The van der Waals surface area contributed by atoms with E-state index in [-0.39, 0.29) is 0 Å². The first-order valence-corrected chi connectivity index (χ1v) is 4.97. The van der Waals surface area contributed by atoms with Crippen molar-refractivity contribution < 1.29 is 0 Å². The summed E-state index contributed by atoms with van der Waals surface area (Å²) in [6, 6.07) is 5.95. The Morgan fingerprint density at radius 1 is 1.06 bits per heavy atom. The van der Waals surface area contributed by atoms with Crippen LogP contribution in [-0.2, 0) is 0 Å². The summed E-state index contributed by atoms with van der Waals surface area (Å²) >= 11 is 0. The second-order valence-corrected chi connectivity index (χ2v) is 3.65. The van der Waals surface area contributed by atoms with Gasteiger partial charge >= 0.3 is 0 Å². The molecular formula is C12H10N4. The predicted molar refractivity (Wildman–Crippen MR) is 63.7 cm³/mol. The first-order valence-electron chi connectivity index (χ1n) is 4.97. The third-order valence-corrected chi connectivity index (χ3v) is 2.49. The number of nitrogens with zero attached hydrogens (tertiary/aromatic N) is 2. The summed E-state index contributed by atoms with van der Waals surface area (Å²) in [5.74, 6) is 0. The second kappa shape index (κ2) is 3.34. The number of nitrogens with two attached hydrogens (primary N) is 1. The highest BCUT2D eigenvalue weighted by Crippen LogP contribution is 2.22. The van der Waals surface area contributed by atoms with Gasteiger partial charge in [0.25, 0.3) is 0 Å². The molecule has 0 saturated carbocycles. The number of aromatic nitrogens is 3. The number of anilines is 1. The molecule has 0 radical (unpaired) electrons. The largest absolute Gasteiger partial charge is 0.397 e. The van der Waals surface area contributed by atoms with Crippen molar-refractivity contribution in [1.82, 2.24) is 15.0 Å². The van der Waals surface area contributed by atoms with Crippen LogP contribution < -0.4 is 5.73 Å². The number of pyridine rings is 2. The fraction of sp³-hybridized carbons (Fsp3) is 0. The molecule has 0 spiro atoms. The molecule has 0 atom stereocenters. The predicted octanol–water partition coefficient (Wildman–Crippen LogP) is 2.21. The lowest BCUT2D eigenvalue weighted by atomic mass is 10.1. The fourth-order valence-electron chi connectivity index (χ4n) is 1.71. The van der Waals surface area contributed by atoms with Crippen LogP contribution in [0.15, 0.2) is 43.0 Å². The lowest BCUT2D eigenvalue weighted by Crippen LogP contribution is -1.88. The maximum Gasteiger partial charge on any atom is 0.137 e. The Morgan fingerprint density at radius 2 is 1.94 bits per heavy atom. The third kappa shape index (κ3) is 1.40. The molecule has 0 unspecified atom stereocenters. The van der Waals surface area contributed by atoms with Gasteiger partial charge in [0.2, 0.25) is 0 Å². The van der Waals surface area contributed by atoms with Gasteiger partial charge in [0, 0.05) is 41.3 Å². The van der Waals surface area contributed by atoms with Crippen molar-refractivity contribution >= 4 is 16.7 Å². The van der Waals surface area contributed by atoms with Crippen LogP contribution >= 0.6 is 0 Å². The van der Waals surface area contributed by atoms with Gasteiger partial charge in [0.05, 0.1) is 5.69 Å². The van der Waals surface area contributed by atoms with E-state index in [1.807, 2.05) is 24.5 Å². The maximum absolute atomic E-state index is 5.70. The smallest absolute Gasteiger partial charge is 0.137 e. The van der Waals surface area contributed by atoms with Crippen molar-refractivity contribution in [1.29, 1.82) is 0 Å². The molecule has 0 saturated heterocycles. The van der Waals surface area contributed by atoms with Crippen LogP contribution in [0.25, 0.3) is 22.2 Å². The van der Waals surface area contributed by atoms with Crippen molar-refractivity contribution in [3.63, 3.8) is 0 Å². The van der Waals surface area contributed by atoms with Crippen LogP contribution in [0.1, 0.15) is 0 Å². The van der Waals surface area contributed by atoms with Crippen LogP contribution in [0.4, 0.5) is 5.69 Å². The van der Waals surface area contributed by atoms with E-state index in [0.717, 1.165) is 22.2 Å². The van der Waals surface area contributed by atoms with Crippen LogP contribution in [0.2, 0.25) is 0 Å². The highest BCUT2D eigenvalue weighted by Gasteiger charge is 2.02. The van der Waals surface area contributed by atoms with Gasteiger partial charge < -0.3 is 10.7 Å². The Balaban J connectivity index is 2.18. The van der Waals surface area contributed by atoms with E-state index in [1.54, 1.807) is 12.4 Å². The molecular weight excluding hydrogens is 200 g/mol. The molecule has 4 nitrogen and oxygen atoms in total. The minimum absolute atomic E-state index is 0.659. The van der Waals surface area contributed by atoms with Crippen molar-refractivity contribution in [3.05, 3.63) is 43.0 Å².